The van der Waals surface area contributed by atoms with Gasteiger partial charge in [0, 0.05) is 0 Å². The van der Waals surface area contributed by atoms with Crippen LogP contribution < -0.4 is 0 Å². The molecule has 0 spiro atoms. The summed E-state index contributed by atoms with van der Waals surface area (Å²) in [7, 11) is 0. The van der Waals surface area contributed by atoms with Gasteiger partial charge in [-0.15, -0.1) is 0 Å². The van der Waals surface area contributed by atoms with Crippen LogP contribution in [0.1, 0.15) is 13.8 Å². The molecule has 50 valence electrons. The maximum absolute atomic E-state index is 3.68. The smallest absolute Gasteiger partial charge is 0.0219 e. The molecule has 0 N–H and O–H groups in total. The zero-order valence-electron chi connectivity index (χ0n) is 6.22. The van der Waals surface area contributed by atoms with E-state index in [9.17, 15) is 0 Å². The van der Waals surface area contributed by atoms with Gasteiger partial charge in [-0.05, 0) is 11.5 Å². The third-order valence-corrected chi connectivity index (χ3v) is 1.21. The van der Waals surface area contributed by atoms with Gasteiger partial charge in [0.2, 0.25) is 0 Å². The van der Waals surface area contributed by atoms with E-state index in [0.29, 0.717) is 5.92 Å². The predicted octanol–water partition coefficient (Wildman–Crippen LogP) is 2.94. The van der Waals surface area contributed by atoms with E-state index in [1.165, 1.54) is 5.57 Å². The third kappa shape index (κ3) is 2.91. The van der Waals surface area contributed by atoms with Gasteiger partial charge in [0.25, 0.3) is 0 Å². The molecular weight excluding hydrogens is 108 g/mol. The van der Waals surface area contributed by atoms with Crippen LogP contribution in [0.4, 0.5) is 0 Å². The fraction of sp³-hybridized carbons (Fsp3) is 0.333. The third-order valence-electron chi connectivity index (χ3n) is 1.21. The lowest BCUT2D eigenvalue weighted by Gasteiger charge is -2.02. The lowest BCUT2D eigenvalue weighted by molar-refractivity contribution is 0.792. The van der Waals surface area contributed by atoms with Gasteiger partial charge >= 0.3 is 0 Å². The fourth-order valence-corrected chi connectivity index (χ4v) is 0.632. The highest BCUT2D eigenvalue weighted by Crippen LogP contribution is 2.09. The summed E-state index contributed by atoms with van der Waals surface area (Å²) in [4.78, 5) is 0. The summed E-state index contributed by atoms with van der Waals surface area (Å²) in [6.45, 7) is 11.6. The minimum absolute atomic E-state index is 0.556. The Morgan fingerprint density at radius 2 is 1.89 bits per heavy atom. The van der Waals surface area contributed by atoms with E-state index < -0.39 is 0 Å². The molecule has 0 aliphatic rings. The van der Waals surface area contributed by atoms with Crippen LogP contribution in [0.5, 0.6) is 0 Å². The first-order valence-corrected chi connectivity index (χ1v) is 3.17. The second kappa shape index (κ2) is 4.13. The molecule has 0 saturated carbocycles. The van der Waals surface area contributed by atoms with Crippen molar-refractivity contribution < 1.29 is 0 Å². The molecule has 0 rings (SSSR count). The predicted molar refractivity (Wildman–Crippen MR) is 43.3 cm³/mol. The van der Waals surface area contributed by atoms with E-state index in [1.807, 2.05) is 12.2 Å². The molecule has 0 amide bonds. The zero-order valence-corrected chi connectivity index (χ0v) is 6.22. The van der Waals surface area contributed by atoms with E-state index in [0.717, 1.165) is 0 Å². The lowest BCUT2D eigenvalue weighted by atomic mass is 10.0. The Balaban J connectivity index is 4.13. The maximum atomic E-state index is 3.68. The Morgan fingerprint density at radius 3 is 2.00 bits per heavy atom. The summed E-state index contributed by atoms with van der Waals surface area (Å²) in [5.41, 5.74) is 1.24. The summed E-state index contributed by atoms with van der Waals surface area (Å²) < 4.78 is 0. The highest BCUT2D eigenvalue weighted by molar-refractivity contribution is 5.22. The van der Waals surface area contributed by atoms with Crippen molar-refractivity contribution in [2.45, 2.75) is 13.8 Å². The summed E-state index contributed by atoms with van der Waals surface area (Å²) in [6.07, 6.45) is 5.64. The standard InChI is InChI=1S/C9H14/c1-5-7-9(6-2)8(3)4/h5-8H,1-2H2,3-4H3/b9-7-. The van der Waals surface area contributed by atoms with Gasteiger partial charge in [-0.2, -0.15) is 0 Å². The molecule has 0 unspecified atom stereocenters. The van der Waals surface area contributed by atoms with Gasteiger partial charge in [-0.1, -0.05) is 45.2 Å². The highest BCUT2D eigenvalue weighted by Gasteiger charge is 1.94. The van der Waals surface area contributed by atoms with Crippen molar-refractivity contribution in [3.05, 3.63) is 37.0 Å². The lowest BCUT2D eigenvalue weighted by Crippen LogP contribution is -1.87. The van der Waals surface area contributed by atoms with Crippen LogP contribution in [-0.2, 0) is 0 Å². The maximum Gasteiger partial charge on any atom is -0.0219 e. The number of hydrogen-bond donors (Lipinski definition) is 0. The molecule has 0 saturated heterocycles. The molecule has 0 aliphatic heterocycles. The average molecular weight is 122 g/mol. The van der Waals surface area contributed by atoms with Crippen molar-refractivity contribution in [3.63, 3.8) is 0 Å². The van der Waals surface area contributed by atoms with E-state index in [1.54, 1.807) is 6.08 Å². The van der Waals surface area contributed by atoms with Crippen LogP contribution in [0.2, 0.25) is 0 Å². The minimum atomic E-state index is 0.556. The fourth-order valence-electron chi connectivity index (χ4n) is 0.632. The molecule has 0 radical (unpaired) electrons. The van der Waals surface area contributed by atoms with Gasteiger partial charge in [0.1, 0.15) is 0 Å². The van der Waals surface area contributed by atoms with Crippen molar-refractivity contribution in [2.24, 2.45) is 5.92 Å². The SMILES string of the molecule is C=C/C=C(/C=C)C(C)C. The van der Waals surface area contributed by atoms with Crippen molar-refractivity contribution in [2.75, 3.05) is 0 Å². The molecule has 0 heteroatoms. The molecule has 0 atom stereocenters. The van der Waals surface area contributed by atoms with Crippen molar-refractivity contribution in [1.82, 2.24) is 0 Å². The van der Waals surface area contributed by atoms with Crippen molar-refractivity contribution in [1.29, 1.82) is 0 Å². The Kier molecular flexibility index (Phi) is 3.78. The molecule has 0 aromatic carbocycles. The molecule has 0 fully saturated rings. The first-order valence-electron chi connectivity index (χ1n) is 3.17. The summed E-state index contributed by atoms with van der Waals surface area (Å²) in [5, 5.41) is 0. The number of rotatable bonds is 3. The second-order valence-corrected chi connectivity index (χ2v) is 2.26. The molecule has 0 heterocycles. The molecule has 0 bridgehead atoms. The monoisotopic (exact) mass is 122 g/mol. The van der Waals surface area contributed by atoms with Crippen molar-refractivity contribution in [3.8, 4) is 0 Å². The average Bonchev–Trinajstić information content (AvgIpc) is 1.82. The largest absolute Gasteiger partial charge is 0.0991 e. The zero-order chi connectivity index (χ0) is 7.28. The Labute approximate surface area is 57.6 Å². The quantitative estimate of drug-likeness (QED) is 0.505. The molecule has 0 nitrogen and oxygen atoms in total. The first kappa shape index (κ1) is 8.22. The second-order valence-electron chi connectivity index (χ2n) is 2.26. The van der Waals surface area contributed by atoms with E-state index in [2.05, 4.69) is 27.0 Å². The molecule has 0 aromatic heterocycles. The van der Waals surface area contributed by atoms with Gasteiger partial charge in [0.05, 0.1) is 0 Å². The van der Waals surface area contributed by atoms with Gasteiger partial charge in [-0.25, -0.2) is 0 Å². The Hall–Kier alpha value is -0.780. The van der Waals surface area contributed by atoms with Gasteiger partial charge < -0.3 is 0 Å². The molecule has 0 aromatic rings. The normalized spacial score (nSPS) is 11.7. The Bertz CT molecular complexity index is 127. The number of allylic oxidation sites excluding steroid dienone is 4. The van der Waals surface area contributed by atoms with Crippen LogP contribution in [0.25, 0.3) is 0 Å². The van der Waals surface area contributed by atoms with Crippen LogP contribution >= 0.6 is 0 Å². The van der Waals surface area contributed by atoms with Crippen LogP contribution in [-0.4, -0.2) is 0 Å². The van der Waals surface area contributed by atoms with Crippen molar-refractivity contribution >= 4 is 0 Å². The van der Waals surface area contributed by atoms with Crippen LogP contribution in [0.3, 0.4) is 0 Å². The molecule has 9 heavy (non-hydrogen) atoms. The summed E-state index contributed by atoms with van der Waals surface area (Å²) in [5.74, 6) is 0.556. The summed E-state index contributed by atoms with van der Waals surface area (Å²) >= 11 is 0. The minimum Gasteiger partial charge on any atom is -0.0991 e. The van der Waals surface area contributed by atoms with Gasteiger partial charge in [0.15, 0.2) is 0 Å². The van der Waals surface area contributed by atoms with Crippen LogP contribution in [0, 0.1) is 5.92 Å². The molecular formula is C9H14. The van der Waals surface area contributed by atoms with E-state index >= 15 is 0 Å². The van der Waals surface area contributed by atoms with Gasteiger partial charge in [-0.3, -0.25) is 0 Å². The number of hydrogen-bond acceptors (Lipinski definition) is 0. The van der Waals surface area contributed by atoms with Crippen LogP contribution in [0.15, 0.2) is 37.0 Å². The topological polar surface area (TPSA) is 0 Å². The first-order chi connectivity index (χ1) is 4.22. The summed E-state index contributed by atoms with van der Waals surface area (Å²) in [6, 6.07) is 0. The Morgan fingerprint density at radius 1 is 1.33 bits per heavy atom. The highest BCUT2D eigenvalue weighted by atomic mass is 14.0. The van der Waals surface area contributed by atoms with E-state index in [-0.39, 0.29) is 0 Å². The van der Waals surface area contributed by atoms with E-state index in [4.69, 9.17) is 0 Å². The molecule has 0 aliphatic carbocycles.